The molecule has 2 heterocycles. The van der Waals surface area contributed by atoms with Crippen LogP contribution in [0.15, 0.2) is 243 Å². The van der Waals surface area contributed by atoms with E-state index in [1.54, 1.807) is 0 Å². The van der Waals surface area contributed by atoms with E-state index in [0.717, 1.165) is 72.6 Å². The van der Waals surface area contributed by atoms with E-state index in [1.807, 2.05) is 12.1 Å². The van der Waals surface area contributed by atoms with Gasteiger partial charge >= 0.3 is 0 Å². The summed E-state index contributed by atoms with van der Waals surface area (Å²) in [5.41, 5.74) is 15.1. The van der Waals surface area contributed by atoms with E-state index in [1.165, 1.54) is 32.7 Å². The van der Waals surface area contributed by atoms with E-state index in [-0.39, 0.29) is 0 Å². The van der Waals surface area contributed by atoms with Gasteiger partial charge in [-0.3, -0.25) is 0 Å². The summed E-state index contributed by atoms with van der Waals surface area (Å²) in [5.74, 6) is 0.698. The molecule has 0 unspecified atom stereocenters. The highest BCUT2D eigenvalue weighted by Crippen LogP contribution is 2.40. The molecule has 0 aliphatic rings. The molecule has 0 aliphatic carbocycles. The smallest absolute Gasteiger partial charge is 0.160 e. The van der Waals surface area contributed by atoms with Gasteiger partial charge in [-0.25, -0.2) is 9.97 Å². The highest BCUT2D eigenvalue weighted by atomic mass is 15.1. The van der Waals surface area contributed by atoms with Crippen LogP contribution in [0, 0.1) is 0 Å². The van der Waals surface area contributed by atoms with Crippen molar-refractivity contribution in [1.29, 1.82) is 0 Å². The standard InChI is InChI=1S/C60H40N4/c1-3-15-41(16-4-1)43-29-31-44(32-30-43)59-55-26-9-11-27-56(55)61-60(62-59)48-20-13-19-45(37-48)47-34-36-54-53-25-10-12-28-57(53)64(58(54)39-47)51-24-14-23-50(40-51)63(49-21-5-2-6-22-49)52-35-33-42-17-7-8-18-46(42)38-52/h1-40H. The lowest BCUT2D eigenvalue weighted by molar-refractivity contribution is 1.17. The monoisotopic (exact) mass is 816 g/mol. The first-order chi connectivity index (χ1) is 31.7. The average Bonchev–Trinajstić information content (AvgIpc) is 3.70. The molecule has 4 nitrogen and oxygen atoms in total. The second-order valence-corrected chi connectivity index (χ2v) is 16.2. The van der Waals surface area contributed by atoms with Crippen molar-refractivity contribution in [3.8, 4) is 50.6 Å². The normalized spacial score (nSPS) is 11.4. The third-order valence-corrected chi connectivity index (χ3v) is 12.3. The van der Waals surface area contributed by atoms with Gasteiger partial charge in [0.15, 0.2) is 5.82 Å². The summed E-state index contributed by atoms with van der Waals surface area (Å²) in [6.45, 7) is 0. The molecule has 0 amide bonds. The minimum atomic E-state index is 0.698. The Kier molecular flexibility index (Phi) is 9.12. The van der Waals surface area contributed by atoms with Crippen molar-refractivity contribution in [2.75, 3.05) is 4.90 Å². The lowest BCUT2D eigenvalue weighted by Gasteiger charge is -2.26. The lowest BCUT2D eigenvalue weighted by atomic mass is 9.99. The fourth-order valence-corrected chi connectivity index (χ4v) is 9.25. The quantitative estimate of drug-likeness (QED) is 0.153. The molecule has 0 saturated carbocycles. The minimum absolute atomic E-state index is 0.698. The number of para-hydroxylation sites is 3. The SMILES string of the molecule is c1ccc(-c2ccc(-c3nc(-c4cccc(-c5ccc6c7ccccc7n(-c7cccc(N(c8ccccc8)c8ccc9ccccc9c8)c7)c6c5)c4)nc4ccccc34)cc2)cc1. The Bertz CT molecular complexity index is 3670. The highest BCUT2D eigenvalue weighted by Gasteiger charge is 2.18. The lowest BCUT2D eigenvalue weighted by Crippen LogP contribution is -2.10. The number of anilines is 3. The van der Waals surface area contributed by atoms with Crippen molar-refractivity contribution in [3.63, 3.8) is 0 Å². The van der Waals surface area contributed by atoms with Gasteiger partial charge < -0.3 is 9.47 Å². The summed E-state index contributed by atoms with van der Waals surface area (Å²) in [5, 5.41) is 5.88. The van der Waals surface area contributed by atoms with E-state index in [0.29, 0.717) is 5.82 Å². The number of benzene rings is 10. The molecule has 0 spiro atoms. The van der Waals surface area contributed by atoms with E-state index in [2.05, 4.69) is 240 Å². The number of aromatic nitrogens is 3. The number of nitrogens with zero attached hydrogens (tertiary/aromatic N) is 4. The molecule has 2 aromatic heterocycles. The molecule has 0 fully saturated rings. The van der Waals surface area contributed by atoms with Crippen LogP contribution in [0.25, 0.3) is 94.1 Å². The predicted octanol–water partition coefficient (Wildman–Crippen LogP) is 16.0. The van der Waals surface area contributed by atoms with E-state index in [4.69, 9.17) is 9.97 Å². The number of hydrogen-bond acceptors (Lipinski definition) is 3. The zero-order valence-electron chi connectivity index (χ0n) is 34.9. The first-order valence-corrected chi connectivity index (χ1v) is 21.7. The van der Waals surface area contributed by atoms with Crippen LogP contribution in [0.5, 0.6) is 0 Å². The maximum Gasteiger partial charge on any atom is 0.160 e. The molecule has 10 aromatic carbocycles. The summed E-state index contributed by atoms with van der Waals surface area (Å²) in [6.07, 6.45) is 0. The van der Waals surface area contributed by atoms with Gasteiger partial charge in [0.2, 0.25) is 0 Å². The first-order valence-electron chi connectivity index (χ1n) is 21.7. The number of rotatable bonds is 8. The molecular formula is C60H40N4. The molecule has 0 aliphatic heterocycles. The summed E-state index contributed by atoms with van der Waals surface area (Å²) < 4.78 is 2.41. The average molecular weight is 817 g/mol. The summed E-state index contributed by atoms with van der Waals surface area (Å²) in [7, 11) is 0. The Hall–Kier alpha value is -8.60. The number of hydrogen-bond donors (Lipinski definition) is 0. The van der Waals surface area contributed by atoms with Gasteiger partial charge in [-0.1, -0.05) is 176 Å². The van der Waals surface area contributed by atoms with Crippen LogP contribution in [0.1, 0.15) is 0 Å². The van der Waals surface area contributed by atoms with Gasteiger partial charge in [-0.15, -0.1) is 0 Å². The predicted molar refractivity (Wildman–Crippen MR) is 268 cm³/mol. The Balaban J connectivity index is 0.959. The number of fused-ring (bicyclic) bond motifs is 5. The first kappa shape index (κ1) is 37.2. The van der Waals surface area contributed by atoms with Gasteiger partial charge in [-0.05, 0) is 99.8 Å². The van der Waals surface area contributed by atoms with Crippen LogP contribution >= 0.6 is 0 Å². The molecule has 4 heteroatoms. The van der Waals surface area contributed by atoms with Crippen molar-refractivity contribution < 1.29 is 0 Å². The Labute approximate surface area is 371 Å². The Morgan fingerprint density at radius 2 is 0.906 bits per heavy atom. The fourth-order valence-electron chi connectivity index (χ4n) is 9.25. The van der Waals surface area contributed by atoms with Crippen LogP contribution in [-0.4, -0.2) is 14.5 Å². The second-order valence-electron chi connectivity index (χ2n) is 16.2. The zero-order chi connectivity index (χ0) is 42.4. The maximum atomic E-state index is 5.27. The topological polar surface area (TPSA) is 34.0 Å². The second kappa shape index (κ2) is 15.7. The van der Waals surface area contributed by atoms with Gasteiger partial charge in [0, 0.05) is 50.0 Å². The molecule has 0 bridgehead atoms. The molecule has 0 radical (unpaired) electrons. The molecule has 12 rings (SSSR count). The van der Waals surface area contributed by atoms with Crippen molar-refractivity contribution in [2.24, 2.45) is 0 Å². The molecule has 0 atom stereocenters. The van der Waals surface area contributed by atoms with Gasteiger partial charge in [-0.2, -0.15) is 0 Å². The molecule has 64 heavy (non-hydrogen) atoms. The molecule has 0 saturated heterocycles. The van der Waals surface area contributed by atoms with Gasteiger partial charge in [0.25, 0.3) is 0 Å². The highest BCUT2D eigenvalue weighted by molar-refractivity contribution is 6.10. The van der Waals surface area contributed by atoms with E-state index in [9.17, 15) is 0 Å². The van der Waals surface area contributed by atoms with Crippen LogP contribution in [0.3, 0.4) is 0 Å². The summed E-state index contributed by atoms with van der Waals surface area (Å²) >= 11 is 0. The largest absolute Gasteiger partial charge is 0.310 e. The van der Waals surface area contributed by atoms with E-state index >= 15 is 0 Å². The maximum absolute atomic E-state index is 5.27. The zero-order valence-corrected chi connectivity index (χ0v) is 34.9. The van der Waals surface area contributed by atoms with Crippen molar-refractivity contribution in [2.45, 2.75) is 0 Å². The third kappa shape index (κ3) is 6.66. The molecule has 12 aromatic rings. The van der Waals surface area contributed by atoms with Gasteiger partial charge in [0.1, 0.15) is 0 Å². The fraction of sp³-hybridized carbons (Fsp3) is 0. The van der Waals surface area contributed by atoms with Crippen LogP contribution in [0.2, 0.25) is 0 Å². The van der Waals surface area contributed by atoms with Gasteiger partial charge in [0.05, 0.1) is 22.2 Å². The molecular weight excluding hydrogens is 777 g/mol. The molecule has 0 N–H and O–H groups in total. The van der Waals surface area contributed by atoms with Crippen LogP contribution < -0.4 is 4.90 Å². The van der Waals surface area contributed by atoms with Crippen LogP contribution in [0.4, 0.5) is 17.1 Å². The van der Waals surface area contributed by atoms with Crippen molar-refractivity contribution in [3.05, 3.63) is 243 Å². The van der Waals surface area contributed by atoms with E-state index < -0.39 is 0 Å². The van der Waals surface area contributed by atoms with Crippen molar-refractivity contribution >= 4 is 60.5 Å². The minimum Gasteiger partial charge on any atom is -0.310 e. The summed E-state index contributed by atoms with van der Waals surface area (Å²) in [4.78, 5) is 12.7. The van der Waals surface area contributed by atoms with Crippen LogP contribution in [-0.2, 0) is 0 Å². The third-order valence-electron chi connectivity index (χ3n) is 12.3. The Morgan fingerprint density at radius 3 is 1.77 bits per heavy atom. The summed E-state index contributed by atoms with van der Waals surface area (Å²) in [6, 6.07) is 86.5. The van der Waals surface area contributed by atoms with Crippen molar-refractivity contribution in [1.82, 2.24) is 14.5 Å². The Morgan fingerprint density at radius 1 is 0.312 bits per heavy atom. The molecule has 300 valence electrons.